The monoisotopic (exact) mass is 805 g/mol. The molecule has 0 aliphatic carbocycles. The standard InChI is InChI=1S/C47H51N9O4/c1-3-54(4-2)42(35-12-6-5-7-13-35)46(58)56-27-11-16-40(56)44-51-30-38(53-44)34-23-19-32(20-24-34)31-17-21-33(22-18-31)37-29-50-43(52-37)39-15-10-26-55(39)45(57)41(60-47(48)59)28-36-14-8-9-25-49-36/h5-9,12-14,17-25,29-30,39-42H,3-4,10-11,15-16,26-28H2,1-2H3,(H2,48,59)(H,50,52)(H,51,53)/t39-,40?,41-,42?/m0/s1. The van der Waals surface area contributed by atoms with Crippen molar-refractivity contribution < 1.29 is 19.1 Å². The number of rotatable bonds is 14. The van der Waals surface area contributed by atoms with Crippen LogP contribution in [0.3, 0.4) is 0 Å². The zero-order valence-corrected chi connectivity index (χ0v) is 34.0. The molecule has 2 saturated heterocycles. The molecule has 308 valence electrons. The highest BCUT2D eigenvalue weighted by Crippen LogP contribution is 2.37. The lowest BCUT2D eigenvalue weighted by molar-refractivity contribution is -0.141. The summed E-state index contributed by atoms with van der Waals surface area (Å²) in [6, 6.07) is 31.4. The van der Waals surface area contributed by atoms with E-state index in [9.17, 15) is 14.4 Å². The summed E-state index contributed by atoms with van der Waals surface area (Å²) in [5.41, 5.74) is 12.9. The Bertz CT molecular complexity index is 2380. The van der Waals surface area contributed by atoms with Crippen molar-refractivity contribution in [2.75, 3.05) is 26.2 Å². The maximum atomic E-state index is 14.2. The van der Waals surface area contributed by atoms with Gasteiger partial charge in [-0.2, -0.15) is 0 Å². The van der Waals surface area contributed by atoms with Gasteiger partial charge in [0.05, 0.1) is 35.9 Å². The van der Waals surface area contributed by atoms with Crippen molar-refractivity contribution in [1.29, 1.82) is 0 Å². The molecule has 0 bridgehead atoms. The third kappa shape index (κ3) is 8.57. The Morgan fingerprint density at radius 2 is 1.22 bits per heavy atom. The molecule has 60 heavy (non-hydrogen) atoms. The van der Waals surface area contributed by atoms with Crippen molar-refractivity contribution in [1.82, 2.24) is 39.6 Å². The van der Waals surface area contributed by atoms with Crippen LogP contribution in [0.4, 0.5) is 4.79 Å². The molecule has 5 heterocycles. The fourth-order valence-corrected chi connectivity index (χ4v) is 8.72. The third-order valence-electron chi connectivity index (χ3n) is 11.8. The third-order valence-corrected chi connectivity index (χ3v) is 11.8. The fraction of sp³-hybridized carbons (Fsp3) is 0.319. The van der Waals surface area contributed by atoms with E-state index in [0.29, 0.717) is 24.6 Å². The molecule has 2 unspecified atom stereocenters. The van der Waals surface area contributed by atoms with Gasteiger partial charge in [-0.05, 0) is 78.7 Å². The van der Waals surface area contributed by atoms with E-state index in [4.69, 9.17) is 15.5 Å². The molecule has 0 radical (unpaired) electrons. The average Bonchev–Trinajstić information content (AvgIpc) is 4.13. The van der Waals surface area contributed by atoms with Gasteiger partial charge in [0.2, 0.25) is 5.91 Å². The zero-order chi connectivity index (χ0) is 41.6. The number of nitrogens with zero attached hydrogens (tertiary/aromatic N) is 6. The van der Waals surface area contributed by atoms with E-state index in [1.54, 1.807) is 29.4 Å². The Morgan fingerprint density at radius 3 is 1.72 bits per heavy atom. The molecule has 3 amide bonds. The number of hydrogen-bond donors (Lipinski definition) is 3. The minimum atomic E-state index is -1.08. The van der Waals surface area contributed by atoms with Crippen molar-refractivity contribution >= 4 is 17.9 Å². The van der Waals surface area contributed by atoms with Gasteiger partial charge in [0, 0.05) is 31.4 Å². The van der Waals surface area contributed by atoms with E-state index in [1.165, 1.54) is 0 Å². The Kier molecular flexibility index (Phi) is 12.1. The molecule has 4 N–H and O–H groups in total. The molecular weight excluding hydrogens is 755 g/mol. The van der Waals surface area contributed by atoms with Crippen LogP contribution in [0, 0.1) is 0 Å². The van der Waals surface area contributed by atoms with E-state index in [-0.39, 0.29) is 36.4 Å². The smallest absolute Gasteiger partial charge is 0.405 e. The SMILES string of the molecule is CCN(CC)C(C(=O)N1CCCC1c1ncc(-c2ccc(-c3ccc(-c4cnc([C@@H]5CCCN5C(=O)[C@H](Cc5ccccn5)OC(N)=O)[nH]4)cc3)cc2)[nH]1)c1ccccc1. The second-order valence-corrected chi connectivity index (χ2v) is 15.4. The normalized spacial score (nSPS) is 17.5. The number of likely N-dealkylation sites (N-methyl/N-ethyl adjacent to an activating group) is 1. The summed E-state index contributed by atoms with van der Waals surface area (Å²) in [5, 5.41) is 0. The van der Waals surface area contributed by atoms with Crippen molar-refractivity contribution in [3.63, 3.8) is 0 Å². The molecule has 3 aromatic heterocycles. The number of nitrogens with two attached hydrogens (primary N) is 1. The molecule has 2 fully saturated rings. The van der Waals surface area contributed by atoms with Crippen LogP contribution in [0.15, 0.2) is 116 Å². The van der Waals surface area contributed by atoms with E-state index in [0.717, 1.165) is 83.8 Å². The molecule has 6 aromatic rings. The van der Waals surface area contributed by atoms with Crippen LogP contribution in [0.25, 0.3) is 33.6 Å². The highest BCUT2D eigenvalue weighted by Gasteiger charge is 2.39. The van der Waals surface area contributed by atoms with Crippen LogP contribution >= 0.6 is 0 Å². The van der Waals surface area contributed by atoms with Gasteiger partial charge in [-0.25, -0.2) is 14.8 Å². The van der Waals surface area contributed by atoms with Crippen molar-refractivity contribution in [2.45, 2.75) is 70.2 Å². The van der Waals surface area contributed by atoms with Gasteiger partial charge in [0.1, 0.15) is 17.7 Å². The number of imidazole rings is 2. The lowest BCUT2D eigenvalue weighted by Crippen LogP contribution is -2.43. The first-order valence-electron chi connectivity index (χ1n) is 20.9. The van der Waals surface area contributed by atoms with E-state index in [2.05, 4.69) is 99.3 Å². The second kappa shape index (κ2) is 18.1. The first-order valence-corrected chi connectivity index (χ1v) is 20.9. The Morgan fingerprint density at radius 1 is 0.700 bits per heavy atom. The average molecular weight is 806 g/mol. The van der Waals surface area contributed by atoms with Gasteiger partial charge in [-0.15, -0.1) is 0 Å². The van der Waals surface area contributed by atoms with Gasteiger partial charge >= 0.3 is 6.09 Å². The topological polar surface area (TPSA) is 166 Å². The fourth-order valence-electron chi connectivity index (χ4n) is 8.72. The number of hydrogen-bond acceptors (Lipinski definition) is 8. The van der Waals surface area contributed by atoms with Gasteiger partial charge in [0.15, 0.2) is 6.10 Å². The molecule has 2 aliphatic rings. The lowest BCUT2D eigenvalue weighted by Gasteiger charge is -2.34. The van der Waals surface area contributed by atoms with Crippen LogP contribution in [0.1, 0.15) is 80.6 Å². The number of primary amides is 1. The van der Waals surface area contributed by atoms with Crippen molar-refractivity contribution in [2.24, 2.45) is 5.73 Å². The summed E-state index contributed by atoms with van der Waals surface area (Å²) in [7, 11) is 0. The summed E-state index contributed by atoms with van der Waals surface area (Å²) < 4.78 is 5.28. The molecule has 0 spiro atoms. The predicted octanol–water partition coefficient (Wildman–Crippen LogP) is 7.65. The Hall–Kier alpha value is -6.60. The molecule has 3 aromatic carbocycles. The van der Waals surface area contributed by atoms with Gasteiger partial charge in [0.25, 0.3) is 5.91 Å². The summed E-state index contributed by atoms with van der Waals surface area (Å²) in [5.74, 6) is 1.30. The number of amides is 3. The highest BCUT2D eigenvalue weighted by molar-refractivity contribution is 5.85. The number of aromatic amines is 2. The number of likely N-dealkylation sites (tertiary alicyclic amines) is 2. The van der Waals surface area contributed by atoms with E-state index >= 15 is 0 Å². The first kappa shape index (κ1) is 40.2. The second-order valence-electron chi connectivity index (χ2n) is 15.4. The maximum absolute atomic E-state index is 14.2. The number of ether oxygens (including phenoxy) is 1. The van der Waals surface area contributed by atoms with Crippen molar-refractivity contribution in [3.05, 3.63) is 139 Å². The van der Waals surface area contributed by atoms with E-state index in [1.807, 2.05) is 35.4 Å². The largest absolute Gasteiger partial charge is 0.436 e. The Balaban J connectivity index is 0.924. The quantitative estimate of drug-likeness (QED) is 0.101. The predicted molar refractivity (Wildman–Crippen MR) is 229 cm³/mol. The molecule has 2 aliphatic heterocycles. The van der Waals surface area contributed by atoms with Gasteiger partial charge < -0.3 is 30.2 Å². The number of H-pyrrole nitrogens is 2. The first-order chi connectivity index (χ1) is 29.3. The molecule has 4 atom stereocenters. The number of carbonyl (C=O) groups excluding carboxylic acids is 3. The summed E-state index contributed by atoms with van der Waals surface area (Å²) in [6.07, 6.45) is 6.66. The number of nitrogens with one attached hydrogen (secondary N) is 2. The van der Waals surface area contributed by atoms with Gasteiger partial charge in [-0.1, -0.05) is 98.8 Å². The minimum absolute atomic E-state index is 0.103. The summed E-state index contributed by atoms with van der Waals surface area (Å²) in [6.45, 7) is 7.01. The van der Waals surface area contributed by atoms with E-state index < -0.39 is 12.2 Å². The summed E-state index contributed by atoms with van der Waals surface area (Å²) >= 11 is 0. The van der Waals surface area contributed by atoms with Gasteiger partial charge in [-0.3, -0.25) is 19.5 Å². The molecule has 8 rings (SSSR count). The Labute approximate surface area is 350 Å². The highest BCUT2D eigenvalue weighted by atomic mass is 16.6. The maximum Gasteiger partial charge on any atom is 0.405 e. The lowest BCUT2D eigenvalue weighted by atomic mass is 10.0. The minimum Gasteiger partial charge on any atom is -0.436 e. The molecule has 13 heteroatoms. The molecular formula is C47H51N9O4. The van der Waals surface area contributed by atoms with Crippen LogP contribution in [0.2, 0.25) is 0 Å². The van der Waals surface area contributed by atoms with Crippen LogP contribution in [-0.2, 0) is 20.7 Å². The summed E-state index contributed by atoms with van der Waals surface area (Å²) in [4.78, 5) is 66.4. The molecule has 13 nitrogen and oxygen atoms in total. The number of pyridine rings is 1. The number of benzene rings is 3. The molecule has 0 saturated carbocycles. The number of carbonyl (C=O) groups is 3. The van der Waals surface area contributed by atoms with Crippen LogP contribution in [-0.4, -0.2) is 89.8 Å². The number of aromatic nitrogens is 5. The zero-order valence-electron chi connectivity index (χ0n) is 34.0. The van der Waals surface area contributed by atoms with Crippen LogP contribution in [0.5, 0.6) is 0 Å². The van der Waals surface area contributed by atoms with Crippen molar-refractivity contribution in [3.8, 4) is 33.6 Å². The van der Waals surface area contributed by atoms with Crippen LogP contribution < -0.4 is 5.73 Å².